The van der Waals surface area contributed by atoms with Crippen molar-refractivity contribution in [2.45, 2.75) is 6.92 Å². The molecule has 0 saturated heterocycles. The Morgan fingerprint density at radius 3 is 3.07 bits per heavy atom. The Hall–Kier alpha value is -1.29. The van der Waals surface area contributed by atoms with Gasteiger partial charge in [0.15, 0.2) is 0 Å². The summed E-state index contributed by atoms with van der Waals surface area (Å²) in [6.45, 7) is 4.53. The monoisotopic (exact) mass is 196 g/mol. The first-order chi connectivity index (χ1) is 6.86. The molecule has 0 aromatic carbocycles. The molecular weight excluding hydrogens is 180 g/mol. The van der Waals surface area contributed by atoms with Crippen LogP contribution in [0.25, 0.3) is 0 Å². The SMILES string of the molecule is CCNCCOc1ccnc(OC)c1. The lowest BCUT2D eigenvalue weighted by molar-refractivity contribution is 0.311. The first kappa shape index (κ1) is 10.8. The largest absolute Gasteiger partial charge is 0.492 e. The Balaban J connectivity index is 2.34. The Morgan fingerprint density at radius 2 is 2.36 bits per heavy atom. The summed E-state index contributed by atoms with van der Waals surface area (Å²) in [5.41, 5.74) is 0. The van der Waals surface area contributed by atoms with Gasteiger partial charge in [-0.15, -0.1) is 0 Å². The van der Waals surface area contributed by atoms with E-state index < -0.39 is 0 Å². The van der Waals surface area contributed by atoms with Crippen molar-refractivity contribution in [3.8, 4) is 11.6 Å². The number of nitrogens with zero attached hydrogens (tertiary/aromatic N) is 1. The number of aromatic nitrogens is 1. The van der Waals surface area contributed by atoms with Crippen molar-refractivity contribution in [3.63, 3.8) is 0 Å². The number of ether oxygens (including phenoxy) is 2. The molecular formula is C10H16N2O2. The number of likely N-dealkylation sites (N-methyl/N-ethyl adjacent to an activating group) is 1. The van der Waals surface area contributed by atoms with Crippen molar-refractivity contribution in [2.75, 3.05) is 26.8 Å². The summed E-state index contributed by atoms with van der Waals surface area (Å²) in [4.78, 5) is 3.98. The first-order valence-corrected chi connectivity index (χ1v) is 4.70. The summed E-state index contributed by atoms with van der Waals surface area (Å²) in [5.74, 6) is 1.36. The molecule has 0 fully saturated rings. The molecule has 0 aliphatic rings. The van der Waals surface area contributed by atoms with Gasteiger partial charge < -0.3 is 14.8 Å². The predicted molar refractivity (Wildman–Crippen MR) is 54.8 cm³/mol. The van der Waals surface area contributed by atoms with Crippen LogP contribution in [0.3, 0.4) is 0 Å². The van der Waals surface area contributed by atoms with Gasteiger partial charge in [0.2, 0.25) is 5.88 Å². The average molecular weight is 196 g/mol. The molecule has 1 aromatic heterocycles. The van der Waals surface area contributed by atoms with Crippen molar-refractivity contribution in [1.82, 2.24) is 10.3 Å². The van der Waals surface area contributed by atoms with Gasteiger partial charge in [0.25, 0.3) is 0 Å². The second-order valence-corrected chi connectivity index (χ2v) is 2.74. The third kappa shape index (κ3) is 3.62. The maximum absolute atomic E-state index is 5.47. The Labute approximate surface area is 84.3 Å². The highest BCUT2D eigenvalue weighted by Crippen LogP contribution is 2.15. The van der Waals surface area contributed by atoms with Crippen LogP contribution in [0.4, 0.5) is 0 Å². The van der Waals surface area contributed by atoms with E-state index in [0.29, 0.717) is 12.5 Å². The van der Waals surface area contributed by atoms with E-state index in [2.05, 4.69) is 17.2 Å². The highest BCUT2D eigenvalue weighted by Gasteiger charge is 1.96. The number of methoxy groups -OCH3 is 1. The maximum Gasteiger partial charge on any atom is 0.216 e. The van der Waals surface area contributed by atoms with Gasteiger partial charge in [-0.3, -0.25) is 0 Å². The Morgan fingerprint density at radius 1 is 1.50 bits per heavy atom. The van der Waals surface area contributed by atoms with Crippen molar-refractivity contribution in [3.05, 3.63) is 18.3 Å². The van der Waals surface area contributed by atoms with Crippen LogP contribution in [-0.2, 0) is 0 Å². The van der Waals surface area contributed by atoms with Gasteiger partial charge in [-0.1, -0.05) is 6.92 Å². The Kier molecular flexibility index (Phi) is 4.78. The van der Waals surface area contributed by atoms with Crippen LogP contribution < -0.4 is 14.8 Å². The van der Waals surface area contributed by atoms with Gasteiger partial charge in [-0.05, 0) is 12.6 Å². The maximum atomic E-state index is 5.47. The lowest BCUT2D eigenvalue weighted by Gasteiger charge is -2.06. The quantitative estimate of drug-likeness (QED) is 0.691. The van der Waals surface area contributed by atoms with E-state index in [1.54, 1.807) is 19.4 Å². The van der Waals surface area contributed by atoms with Crippen LogP contribution in [0.15, 0.2) is 18.3 Å². The average Bonchev–Trinajstić information content (AvgIpc) is 2.25. The molecule has 0 spiro atoms. The first-order valence-electron chi connectivity index (χ1n) is 4.70. The van der Waals surface area contributed by atoms with Crippen molar-refractivity contribution < 1.29 is 9.47 Å². The van der Waals surface area contributed by atoms with E-state index in [1.807, 2.05) is 6.07 Å². The van der Waals surface area contributed by atoms with E-state index in [4.69, 9.17) is 9.47 Å². The normalized spacial score (nSPS) is 9.86. The highest BCUT2D eigenvalue weighted by molar-refractivity contribution is 5.25. The van der Waals surface area contributed by atoms with Crippen molar-refractivity contribution in [2.24, 2.45) is 0 Å². The molecule has 4 heteroatoms. The molecule has 0 unspecified atom stereocenters. The predicted octanol–water partition coefficient (Wildman–Crippen LogP) is 1.08. The number of pyridine rings is 1. The van der Waals surface area contributed by atoms with Crippen LogP contribution in [0.2, 0.25) is 0 Å². The summed E-state index contributed by atoms with van der Waals surface area (Å²) >= 11 is 0. The molecule has 0 aliphatic carbocycles. The van der Waals surface area contributed by atoms with E-state index in [1.165, 1.54) is 0 Å². The molecule has 1 aromatic rings. The molecule has 0 radical (unpaired) electrons. The molecule has 0 amide bonds. The van der Waals surface area contributed by atoms with Gasteiger partial charge >= 0.3 is 0 Å². The fourth-order valence-corrected chi connectivity index (χ4v) is 1.01. The third-order valence-electron chi connectivity index (χ3n) is 1.71. The second-order valence-electron chi connectivity index (χ2n) is 2.74. The summed E-state index contributed by atoms with van der Waals surface area (Å²) in [6, 6.07) is 3.58. The summed E-state index contributed by atoms with van der Waals surface area (Å²) in [6.07, 6.45) is 1.67. The zero-order chi connectivity index (χ0) is 10.2. The summed E-state index contributed by atoms with van der Waals surface area (Å²) < 4.78 is 10.4. The standard InChI is InChI=1S/C10H16N2O2/c1-3-11-6-7-14-9-4-5-12-10(8-9)13-2/h4-5,8,11H,3,6-7H2,1-2H3. The minimum absolute atomic E-state index is 0.575. The molecule has 0 atom stereocenters. The van der Waals surface area contributed by atoms with Crippen LogP contribution >= 0.6 is 0 Å². The minimum atomic E-state index is 0.575. The van der Waals surface area contributed by atoms with Crippen LogP contribution in [0.5, 0.6) is 11.6 Å². The van der Waals surface area contributed by atoms with E-state index in [-0.39, 0.29) is 0 Å². The zero-order valence-electron chi connectivity index (χ0n) is 8.62. The summed E-state index contributed by atoms with van der Waals surface area (Å²) in [7, 11) is 1.59. The molecule has 1 rings (SSSR count). The summed E-state index contributed by atoms with van der Waals surface area (Å²) in [5, 5.41) is 3.18. The van der Waals surface area contributed by atoms with Crippen LogP contribution in [0, 0.1) is 0 Å². The molecule has 1 N–H and O–H groups in total. The minimum Gasteiger partial charge on any atom is -0.492 e. The van der Waals surface area contributed by atoms with Gasteiger partial charge in [-0.25, -0.2) is 4.98 Å². The molecule has 0 bridgehead atoms. The van der Waals surface area contributed by atoms with Gasteiger partial charge in [0.05, 0.1) is 7.11 Å². The molecule has 4 nitrogen and oxygen atoms in total. The molecule has 0 saturated carbocycles. The van der Waals surface area contributed by atoms with Crippen LogP contribution in [0.1, 0.15) is 6.92 Å². The van der Waals surface area contributed by atoms with Crippen LogP contribution in [-0.4, -0.2) is 31.8 Å². The fourth-order valence-electron chi connectivity index (χ4n) is 1.01. The topological polar surface area (TPSA) is 43.4 Å². The van der Waals surface area contributed by atoms with Crippen molar-refractivity contribution in [1.29, 1.82) is 0 Å². The molecule has 78 valence electrons. The second kappa shape index (κ2) is 6.21. The molecule has 1 heterocycles. The lowest BCUT2D eigenvalue weighted by atomic mass is 10.4. The number of hydrogen-bond acceptors (Lipinski definition) is 4. The highest BCUT2D eigenvalue weighted by atomic mass is 16.5. The molecule has 0 aliphatic heterocycles. The van der Waals surface area contributed by atoms with E-state index in [9.17, 15) is 0 Å². The lowest BCUT2D eigenvalue weighted by Crippen LogP contribution is -2.20. The number of hydrogen-bond donors (Lipinski definition) is 1. The number of rotatable bonds is 6. The van der Waals surface area contributed by atoms with Gasteiger partial charge in [-0.2, -0.15) is 0 Å². The smallest absolute Gasteiger partial charge is 0.216 e. The number of nitrogens with one attached hydrogen (secondary N) is 1. The van der Waals surface area contributed by atoms with Crippen molar-refractivity contribution >= 4 is 0 Å². The van der Waals surface area contributed by atoms with E-state index >= 15 is 0 Å². The molecule has 14 heavy (non-hydrogen) atoms. The third-order valence-corrected chi connectivity index (χ3v) is 1.71. The van der Waals surface area contributed by atoms with E-state index in [0.717, 1.165) is 18.8 Å². The van der Waals surface area contributed by atoms with Gasteiger partial charge in [0, 0.05) is 18.8 Å². The fraction of sp³-hybridized carbons (Fsp3) is 0.500. The Bertz CT molecular complexity index is 266. The van der Waals surface area contributed by atoms with Gasteiger partial charge in [0.1, 0.15) is 12.4 Å². The zero-order valence-corrected chi connectivity index (χ0v) is 8.62.